The van der Waals surface area contributed by atoms with Gasteiger partial charge in [-0.05, 0) is 49.5 Å². The first-order valence-electron chi connectivity index (χ1n) is 10.9. The summed E-state index contributed by atoms with van der Waals surface area (Å²) in [5, 5.41) is 15.9. The lowest BCUT2D eigenvalue weighted by Crippen LogP contribution is -2.15. The van der Waals surface area contributed by atoms with Crippen LogP contribution in [-0.4, -0.2) is 49.1 Å². The zero-order valence-electron chi connectivity index (χ0n) is 19.6. The first-order chi connectivity index (χ1) is 16.8. The van der Waals surface area contributed by atoms with E-state index in [9.17, 15) is 19.5 Å². The van der Waals surface area contributed by atoms with Crippen LogP contribution in [0.15, 0.2) is 66.7 Å². The number of aromatic carboxylic acids is 1. The molecule has 0 fully saturated rings. The third kappa shape index (κ3) is 4.92. The fourth-order valence-electron chi connectivity index (χ4n) is 4.03. The van der Waals surface area contributed by atoms with Gasteiger partial charge < -0.3 is 25.4 Å². The molecule has 0 aliphatic carbocycles. The molecule has 0 saturated heterocycles. The largest absolute Gasteiger partial charge is 0.478 e. The average molecular weight is 472 g/mol. The highest BCUT2D eigenvalue weighted by atomic mass is 16.5. The molecular formula is C27H25N3O5. The molecule has 0 spiro atoms. The van der Waals surface area contributed by atoms with Crippen molar-refractivity contribution in [2.24, 2.45) is 0 Å². The summed E-state index contributed by atoms with van der Waals surface area (Å²) >= 11 is 0. The Hall–Kier alpha value is -4.43. The van der Waals surface area contributed by atoms with Crippen LogP contribution in [0.2, 0.25) is 0 Å². The van der Waals surface area contributed by atoms with Gasteiger partial charge in [0, 0.05) is 17.8 Å². The van der Waals surface area contributed by atoms with E-state index in [0.717, 1.165) is 5.56 Å². The first-order valence-corrected chi connectivity index (χ1v) is 10.9. The van der Waals surface area contributed by atoms with Gasteiger partial charge in [-0.1, -0.05) is 42.5 Å². The molecule has 0 atom stereocenters. The monoisotopic (exact) mass is 471 g/mol. The van der Waals surface area contributed by atoms with Gasteiger partial charge in [0.1, 0.15) is 0 Å². The van der Waals surface area contributed by atoms with Crippen molar-refractivity contribution in [3.63, 3.8) is 0 Å². The minimum absolute atomic E-state index is 0.181. The predicted octanol–water partition coefficient (Wildman–Crippen LogP) is 4.17. The third-order valence-corrected chi connectivity index (χ3v) is 5.59. The van der Waals surface area contributed by atoms with Crippen LogP contribution in [0.25, 0.3) is 11.3 Å². The number of esters is 1. The number of hydrogen-bond acceptors (Lipinski definition) is 6. The molecule has 1 amide bonds. The van der Waals surface area contributed by atoms with Crippen LogP contribution in [0.4, 0.5) is 11.4 Å². The Kier molecular flexibility index (Phi) is 6.66. The number of amides is 1. The van der Waals surface area contributed by atoms with E-state index in [2.05, 4.69) is 10.6 Å². The molecule has 1 aliphatic heterocycles. The average Bonchev–Trinajstić information content (AvgIpc) is 3.17. The molecule has 0 unspecified atom stereocenters. The third-order valence-electron chi connectivity index (χ3n) is 5.59. The molecule has 0 aromatic heterocycles. The Bertz CT molecular complexity index is 1350. The van der Waals surface area contributed by atoms with Gasteiger partial charge in [-0.15, -0.1) is 0 Å². The Balaban J connectivity index is 1.84. The number of hydrogen-bond donors (Lipinski definition) is 3. The van der Waals surface area contributed by atoms with Gasteiger partial charge in [0.25, 0.3) is 5.91 Å². The van der Waals surface area contributed by atoms with Crippen molar-refractivity contribution in [2.45, 2.75) is 6.54 Å². The molecule has 3 N–H and O–H groups in total. The lowest BCUT2D eigenvalue weighted by Gasteiger charge is -2.17. The van der Waals surface area contributed by atoms with Crippen molar-refractivity contribution in [1.82, 2.24) is 4.90 Å². The molecule has 3 aromatic rings. The second-order valence-electron chi connectivity index (χ2n) is 8.36. The van der Waals surface area contributed by atoms with Gasteiger partial charge in [-0.3, -0.25) is 4.79 Å². The second-order valence-corrected chi connectivity index (χ2v) is 8.36. The number of benzene rings is 3. The number of ether oxygens (including phenoxy) is 1. The summed E-state index contributed by atoms with van der Waals surface area (Å²) in [6.45, 7) is 0.479. The van der Waals surface area contributed by atoms with Crippen LogP contribution in [0.1, 0.15) is 37.4 Å². The van der Waals surface area contributed by atoms with Crippen molar-refractivity contribution in [3.8, 4) is 0 Å². The number of carbonyl (C=O) groups is 3. The molecule has 0 radical (unpaired) electrons. The van der Waals surface area contributed by atoms with Crippen LogP contribution in [-0.2, 0) is 16.1 Å². The van der Waals surface area contributed by atoms with E-state index in [4.69, 9.17) is 4.74 Å². The smallest absolute Gasteiger partial charge is 0.337 e. The standard InChI is InChI=1S/C27H25N3O5/c1-30(2)15-18-9-11-19(14-21(18)26(32)33)28-24(16-7-5-4-6-8-16)23-20-12-10-17(27(34)35-3)13-22(20)29-25(23)31/h4-14,28H,15H2,1-3H3,(H,29,31)(H,32,33)/b24-23-. The highest BCUT2D eigenvalue weighted by Crippen LogP contribution is 2.38. The number of carbonyl (C=O) groups excluding carboxylic acids is 2. The van der Waals surface area contributed by atoms with Gasteiger partial charge in [-0.2, -0.15) is 0 Å². The van der Waals surface area contributed by atoms with E-state index in [1.165, 1.54) is 7.11 Å². The molecule has 35 heavy (non-hydrogen) atoms. The predicted molar refractivity (Wildman–Crippen MR) is 134 cm³/mol. The summed E-state index contributed by atoms with van der Waals surface area (Å²) in [5.41, 5.74) is 4.49. The maximum absolute atomic E-state index is 13.1. The van der Waals surface area contributed by atoms with Crippen molar-refractivity contribution in [2.75, 3.05) is 31.8 Å². The molecule has 8 nitrogen and oxygen atoms in total. The Morgan fingerprint density at radius 3 is 2.40 bits per heavy atom. The van der Waals surface area contributed by atoms with Crippen molar-refractivity contribution >= 4 is 40.5 Å². The maximum atomic E-state index is 13.1. The van der Waals surface area contributed by atoms with Crippen molar-refractivity contribution < 1.29 is 24.2 Å². The number of rotatable bonds is 7. The minimum Gasteiger partial charge on any atom is -0.478 e. The summed E-state index contributed by atoms with van der Waals surface area (Å²) in [6, 6.07) is 19.3. The van der Waals surface area contributed by atoms with Gasteiger partial charge in [0.05, 0.1) is 35.2 Å². The van der Waals surface area contributed by atoms with E-state index in [1.807, 2.05) is 49.3 Å². The molecule has 1 heterocycles. The zero-order chi connectivity index (χ0) is 25.1. The number of methoxy groups -OCH3 is 1. The Labute approximate surface area is 202 Å². The first kappa shape index (κ1) is 23.7. The van der Waals surface area contributed by atoms with Gasteiger partial charge in [0.2, 0.25) is 0 Å². The SMILES string of the molecule is COC(=O)c1ccc2c(c1)NC(=O)/C2=C(\Nc1ccc(CN(C)C)c(C(=O)O)c1)c1ccccc1. The van der Waals surface area contributed by atoms with Crippen LogP contribution in [0.5, 0.6) is 0 Å². The summed E-state index contributed by atoms with van der Waals surface area (Å²) in [7, 11) is 5.04. The number of nitrogens with zero attached hydrogens (tertiary/aromatic N) is 1. The highest BCUT2D eigenvalue weighted by Gasteiger charge is 2.29. The normalized spacial score (nSPS) is 13.8. The minimum atomic E-state index is -1.03. The Morgan fingerprint density at radius 1 is 1.00 bits per heavy atom. The van der Waals surface area contributed by atoms with Gasteiger partial charge in [-0.25, -0.2) is 9.59 Å². The molecular weight excluding hydrogens is 446 g/mol. The molecule has 0 saturated carbocycles. The Morgan fingerprint density at radius 2 is 1.74 bits per heavy atom. The summed E-state index contributed by atoms with van der Waals surface area (Å²) in [5.74, 6) is -1.87. The van der Waals surface area contributed by atoms with E-state index >= 15 is 0 Å². The second kappa shape index (κ2) is 9.82. The summed E-state index contributed by atoms with van der Waals surface area (Å²) in [6.07, 6.45) is 0. The quantitative estimate of drug-likeness (QED) is 0.351. The zero-order valence-corrected chi connectivity index (χ0v) is 19.6. The maximum Gasteiger partial charge on any atom is 0.337 e. The summed E-state index contributed by atoms with van der Waals surface area (Å²) in [4.78, 5) is 38.9. The van der Waals surface area contributed by atoms with Crippen LogP contribution < -0.4 is 10.6 Å². The van der Waals surface area contributed by atoms with E-state index in [0.29, 0.717) is 45.9 Å². The molecule has 0 bridgehead atoms. The van der Waals surface area contributed by atoms with Crippen LogP contribution in [0, 0.1) is 0 Å². The van der Waals surface area contributed by atoms with Gasteiger partial charge >= 0.3 is 11.9 Å². The number of carboxylic acid groups (broad SMARTS) is 1. The van der Waals surface area contributed by atoms with E-state index in [1.54, 1.807) is 36.4 Å². The fourth-order valence-corrected chi connectivity index (χ4v) is 4.03. The van der Waals surface area contributed by atoms with Crippen molar-refractivity contribution in [3.05, 3.63) is 94.5 Å². The molecule has 4 rings (SSSR count). The van der Waals surface area contributed by atoms with E-state index in [-0.39, 0.29) is 11.5 Å². The fraction of sp³-hybridized carbons (Fsp3) is 0.148. The number of fused-ring (bicyclic) bond motifs is 1. The van der Waals surface area contributed by atoms with Crippen LogP contribution in [0.3, 0.4) is 0 Å². The molecule has 178 valence electrons. The lowest BCUT2D eigenvalue weighted by molar-refractivity contribution is -0.110. The molecule has 8 heteroatoms. The van der Waals surface area contributed by atoms with Crippen LogP contribution >= 0.6 is 0 Å². The topological polar surface area (TPSA) is 108 Å². The van der Waals surface area contributed by atoms with Gasteiger partial charge in [0.15, 0.2) is 0 Å². The van der Waals surface area contributed by atoms with Crippen molar-refractivity contribution in [1.29, 1.82) is 0 Å². The molecule has 1 aliphatic rings. The van der Waals surface area contributed by atoms with E-state index < -0.39 is 11.9 Å². The molecule has 3 aromatic carbocycles. The highest BCUT2D eigenvalue weighted by molar-refractivity contribution is 6.37. The summed E-state index contributed by atoms with van der Waals surface area (Å²) < 4.78 is 4.78. The number of anilines is 2. The number of nitrogens with one attached hydrogen (secondary N) is 2. The number of carboxylic acids is 1. The lowest BCUT2D eigenvalue weighted by atomic mass is 9.98.